The monoisotopic (exact) mass is 487 g/mol. The summed E-state index contributed by atoms with van der Waals surface area (Å²) in [6.45, 7) is 1.73. The average molecular weight is 488 g/mol. The molecule has 1 amide bonds. The highest BCUT2D eigenvalue weighted by Gasteiger charge is 2.49. The van der Waals surface area contributed by atoms with E-state index in [9.17, 15) is 14.7 Å². The molecule has 1 atom stereocenters. The Morgan fingerprint density at radius 1 is 1.06 bits per heavy atom. The molecule has 1 unspecified atom stereocenters. The summed E-state index contributed by atoms with van der Waals surface area (Å²) in [6, 6.07) is 11.9. The first-order valence-corrected chi connectivity index (χ1v) is 10.6. The highest BCUT2D eigenvalue weighted by Crippen LogP contribution is 2.47. The first kappa shape index (κ1) is 22.8. The second kappa shape index (κ2) is 8.84. The number of carbonyl (C=O) groups is 2. The zero-order valence-electron chi connectivity index (χ0n) is 17.9. The van der Waals surface area contributed by atoms with Crippen LogP contribution in [0.25, 0.3) is 5.76 Å². The van der Waals surface area contributed by atoms with Crippen LogP contribution >= 0.6 is 23.2 Å². The number of benzene rings is 2. The number of furan rings is 1. The fourth-order valence-electron chi connectivity index (χ4n) is 3.87. The molecule has 1 aliphatic rings. The van der Waals surface area contributed by atoms with Crippen molar-refractivity contribution in [2.24, 2.45) is 0 Å². The molecule has 1 aromatic heterocycles. The van der Waals surface area contributed by atoms with Gasteiger partial charge in [-0.3, -0.25) is 14.5 Å². The lowest BCUT2D eigenvalue weighted by Crippen LogP contribution is -2.29. The van der Waals surface area contributed by atoms with E-state index in [1.165, 1.54) is 31.3 Å². The lowest BCUT2D eigenvalue weighted by atomic mass is 9.98. The van der Waals surface area contributed by atoms with Crippen LogP contribution in [-0.4, -0.2) is 31.0 Å². The van der Waals surface area contributed by atoms with Gasteiger partial charge in [-0.05, 0) is 43.3 Å². The molecular formula is C24H19Cl2NO6. The van der Waals surface area contributed by atoms with Crippen LogP contribution in [0.5, 0.6) is 11.5 Å². The number of aryl methyl sites for hydroxylation is 1. The summed E-state index contributed by atoms with van der Waals surface area (Å²) in [6.07, 6.45) is 0. The van der Waals surface area contributed by atoms with E-state index in [0.717, 1.165) is 0 Å². The lowest BCUT2D eigenvalue weighted by molar-refractivity contribution is -0.132. The van der Waals surface area contributed by atoms with Gasteiger partial charge in [-0.2, -0.15) is 0 Å². The normalized spacial score (nSPS) is 17.5. The van der Waals surface area contributed by atoms with Gasteiger partial charge in [0.15, 0.2) is 0 Å². The van der Waals surface area contributed by atoms with Crippen LogP contribution in [0, 0.1) is 6.92 Å². The summed E-state index contributed by atoms with van der Waals surface area (Å²) in [5.74, 6) is -0.924. The van der Waals surface area contributed by atoms with Gasteiger partial charge >= 0.3 is 0 Å². The van der Waals surface area contributed by atoms with Crippen molar-refractivity contribution in [3.05, 3.63) is 81.2 Å². The maximum Gasteiger partial charge on any atom is 0.300 e. The zero-order chi connectivity index (χ0) is 23.9. The molecule has 2 heterocycles. The number of para-hydroxylation sites is 2. The minimum Gasteiger partial charge on any atom is -0.507 e. The van der Waals surface area contributed by atoms with Crippen LogP contribution in [0.4, 0.5) is 5.69 Å². The Hall–Kier alpha value is -3.42. The largest absolute Gasteiger partial charge is 0.507 e. The van der Waals surface area contributed by atoms with E-state index in [-0.39, 0.29) is 32.7 Å². The minimum atomic E-state index is -1.07. The number of ether oxygens (including phenoxy) is 2. The molecule has 170 valence electrons. The molecule has 0 spiro atoms. The number of hydrogen-bond donors (Lipinski definition) is 1. The Balaban J connectivity index is 2.02. The van der Waals surface area contributed by atoms with Crippen molar-refractivity contribution in [2.75, 3.05) is 19.1 Å². The fraction of sp³-hybridized carbons (Fsp3) is 0.167. The third-order valence-corrected chi connectivity index (χ3v) is 5.79. The molecule has 7 nitrogen and oxygen atoms in total. The van der Waals surface area contributed by atoms with Gasteiger partial charge in [0, 0.05) is 5.02 Å². The van der Waals surface area contributed by atoms with Crippen molar-refractivity contribution in [1.29, 1.82) is 0 Å². The number of amides is 1. The number of methoxy groups -OCH3 is 2. The van der Waals surface area contributed by atoms with Gasteiger partial charge in [-0.25, -0.2) is 0 Å². The summed E-state index contributed by atoms with van der Waals surface area (Å²) < 4.78 is 16.5. The molecule has 1 fully saturated rings. The van der Waals surface area contributed by atoms with E-state index in [2.05, 4.69) is 0 Å². The standard InChI is InChI=1S/C24H19Cl2NO6/c1-12-8-9-18(33-12)20-19(21(28)14-10-13(25)11-15(26)23(14)32-3)22(29)24(30)27(20)16-6-4-5-7-17(16)31-2/h4-11,20,28H,1-3H3/b21-19+. The Morgan fingerprint density at radius 3 is 2.42 bits per heavy atom. The van der Waals surface area contributed by atoms with Crippen LogP contribution in [0.2, 0.25) is 10.0 Å². The van der Waals surface area contributed by atoms with Gasteiger partial charge in [0.25, 0.3) is 11.7 Å². The summed E-state index contributed by atoms with van der Waals surface area (Å²) in [5, 5.41) is 11.7. The number of carbonyl (C=O) groups excluding carboxylic acids is 2. The molecule has 0 radical (unpaired) electrons. The minimum absolute atomic E-state index is 0.0707. The van der Waals surface area contributed by atoms with Crippen LogP contribution in [0.1, 0.15) is 23.1 Å². The Morgan fingerprint density at radius 2 is 1.79 bits per heavy atom. The molecule has 1 saturated heterocycles. The van der Waals surface area contributed by atoms with Crippen LogP contribution in [-0.2, 0) is 9.59 Å². The Kier molecular flexibility index (Phi) is 6.10. The second-order valence-corrected chi connectivity index (χ2v) is 8.10. The molecule has 0 aliphatic carbocycles. The smallest absolute Gasteiger partial charge is 0.300 e. The lowest BCUT2D eigenvalue weighted by Gasteiger charge is -2.25. The fourth-order valence-corrected chi connectivity index (χ4v) is 4.44. The van der Waals surface area contributed by atoms with Crippen LogP contribution < -0.4 is 14.4 Å². The maximum atomic E-state index is 13.3. The van der Waals surface area contributed by atoms with Crippen molar-refractivity contribution < 1.29 is 28.6 Å². The zero-order valence-corrected chi connectivity index (χ0v) is 19.4. The molecule has 3 aromatic rings. The highest BCUT2D eigenvalue weighted by molar-refractivity contribution is 6.52. The molecule has 2 aromatic carbocycles. The Labute approximate surface area is 199 Å². The van der Waals surface area contributed by atoms with Gasteiger partial charge in [0.05, 0.1) is 36.1 Å². The number of halogens is 2. The molecule has 9 heteroatoms. The van der Waals surface area contributed by atoms with Gasteiger partial charge in [0.1, 0.15) is 34.8 Å². The average Bonchev–Trinajstić information content (AvgIpc) is 3.33. The molecule has 1 aliphatic heterocycles. The predicted octanol–water partition coefficient (Wildman–Crippen LogP) is 5.54. The molecule has 0 saturated carbocycles. The number of aliphatic hydroxyl groups excluding tert-OH is 1. The number of aliphatic hydroxyl groups is 1. The summed E-state index contributed by atoms with van der Waals surface area (Å²) in [4.78, 5) is 27.8. The summed E-state index contributed by atoms with van der Waals surface area (Å²) >= 11 is 12.4. The van der Waals surface area contributed by atoms with E-state index in [0.29, 0.717) is 17.2 Å². The molecule has 0 bridgehead atoms. The van der Waals surface area contributed by atoms with E-state index in [1.807, 2.05) is 0 Å². The number of Topliss-reactive ketones (excluding diaryl/α,β-unsaturated/α-hetero) is 1. The van der Waals surface area contributed by atoms with E-state index in [4.69, 9.17) is 37.1 Å². The number of rotatable bonds is 5. The molecular weight excluding hydrogens is 469 g/mol. The van der Waals surface area contributed by atoms with Crippen molar-refractivity contribution in [1.82, 2.24) is 0 Å². The van der Waals surface area contributed by atoms with E-state index >= 15 is 0 Å². The van der Waals surface area contributed by atoms with Crippen molar-refractivity contribution in [3.8, 4) is 11.5 Å². The Bertz CT molecular complexity index is 1300. The van der Waals surface area contributed by atoms with Crippen LogP contribution in [0.15, 0.2) is 58.5 Å². The van der Waals surface area contributed by atoms with E-state index < -0.39 is 23.5 Å². The van der Waals surface area contributed by atoms with Gasteiger partial charge in [0.2, 0.25) is 0 Å². The van der Waals surface area contributed by atoms with Gasteiger partial charge in [-0.1, -0.05) is 35.3 Å². The highest BCUT2D eigenvalue weighted by atomic mass is 35.5. The quantitative estimate of drug-likeness (QED) is 0.288. The third-order valence-electron chi connectivity index (χ3n) is 5.29. The van der Waals surface area contributed by atoms with Crippen LogP contribution in [0.3, 0.4) is 0 Å². The van der Waals surface area contributed by atoms with Crippen molar-refractivity contribution in [2.45, 2.75) is 13.0 Å². The number of ketones is 1. The summed E-state index contributed by atoms with van der Waals surface area (Å²) in [7, 11) is 2.83. The molecule has 1 N–H and O–H groups in total. The van der Waals surface area contributed by atoms with Crippen molar-refractivity contribution >= 4 is 46.3 Å². The topological polar surface area (TPSA) is 89.2 Å². The second-order valence-electron chi connectivity index (χ2n) is 7.26. The first-order valence-electron chi connectivity index (χ1n) is 9.82. The number of hydrogen-bond acceptors (Lipinski definition) is 6. The van der Waals surface area contributed by atoms with Gasteiger partial charge < -0.3 is 19.0 Å². The number of anilines is 1. The third kappa shape index (κ3) is 3.83. The first-order chi connectivity index (χ1) is 15.8. The maximum absolute atomic E-state index is 13.3. The molecule has 4 rings (SSSR count). The number of nitrogens with zero attached hydrogens (tertiary/aromatic N) is 1. The van der Waals surface area contributed by atoms with E-state index in [1.54, 1.807) is 43.3 Å². The summed E-state index contributed by atoms with van der Waals surface area (Å²) in [5.41, 5.74) is 0.217. The van der Waals surface area contributed by atoms with Gasteiger partial charge in [-0.15, -0.1) is 0 Å². The predicted molar refractivity (Wildman–Crippen MR) is 124 cm³/mol. The van der Waals surface area contributed by atoms with Crippen molar-refractivity contribution in [3.63, 3.8) is 0 Å². The molecule has 33 heavy (non-hydrogen) atoms. The SMILES string of the molecule is COc1ccccc1N1C(=O)C(=O)/C(=C(/O)c2cc(Cl)cc(Cl)c2OC)C1c1ccc(C)o1.